The van der Waals surface area contributed by atoms with Gasteiger partial charge in [0.2, 0.25) is 0 Å². The number of halogens is 1. The van der Waals surface area contributed by atoms with Gasteiger partial charge in [0.05, 0.1) is 9.98 Å². The van der Waals surface area contributed by atoms with Gasteiger partial charge in [0.25, 0.3) is 5.91 Å². The highest BCUT2D eigenvalue weighted by Crippen LogP contribution is 2.23. The van der Waals surface area contributed by atoms with Gasteiger partial charge in [0, 0.05) is 5.38 Å². The predicted molar refractivity (Wildman–Crippen MR) is 64.3 cm³/mol. The lowest BCUT2D eigenvalue weighted by Crippen LogP contribution is -2.12. The van der Waals surface area contributed by atoms with Crippen molar-refractivity contribution in [3.05, 3.63) is 21.1 Å². The Bertz CT molecular complexity index is 495. The van der Waals surface area contributed by atoms with Gasteiger partial charge in [-0.1, -0.05) is 11.3 Å². The topological polar surface area (TPSA) is 80.9 Å². The van der Waals surface area contributed by atoms with Gasteiger partial charge < -0.3 is 5.73 Å². The van der Waals surface area contributed by atoms with Crippen molar-refractivity contribution in [3.63, 3.8) is 0 Å². The Morgan fingerprint density at radius 1 is 1.60 bits per heavy atom. The number of aromatic nitrogens is 2. The summed E-state index contributed by atoms with van der Waals surface area (Å²) >= 11 is 5.82. The van der Waals surface area contributed by atoms with E-state index in [4.69, 9.17) is 5.73 Å². The Morgan fingerprint density at radius 3 is 2.93 bits per heavy atom. The van der Waals surface area contributed by atoms with E-state index >= 15 is 0 Å². The largest absolute Gasteiger partial charge is 0.375 e. The molecule has 8 heteroatoms. The number of anilines is 2. The average molecular weight is 305 g/mol. The fourth-order valence-electron chi connectivity index (χ4n) is 0.865. The molecule has 0 fully saturated rings. The highest BCUT2D eigenvalue weighted by atomic mass is 79.9. The zero-order valence-corrected chi connectivity index (χ0v) is 10.4. The maximum absolute atomic E-state index is 11.6. The smallest absolute Gasteiger partial charge is 0.276 e. The number of thiazole rings is 2. The first kappa shape index (κ1) is 10.5. The molecule has 5 nitrogen and oxygen atoms in total. The number of hydrogen-bond acceptors (Lipinski definition) is 6. The van der Waals surface area contributed by atoms with Crippen molar-refractivity contribution in [2.45, 2.75) is 0 Å². The molecular weight excluding hydrogens is 300 g/mol. The van der Waals surface area contributed by atoms with Gasteiger partial charge in [0.15, 0.2) is 10.3 Å². The fraction of sp³-hybridized carbons (Fsp3) is 0. The van der Waals surface area contributed by atoms with Crippen LogP contribution in [0.15, 0.2) is 15.4 Å². The zero-order valence-electron chi connectivity index (χ0n) is 7.23. The van der Waals surface area contributed by atoms with E-state index in [0.717, 1.165) is 3.79 Å². The first-order chi connectivity index (χ1) is 7.15. The van der Waals surface area contributed by atoms with Crippen molar-refractivity contribution in [3.8, 4) is 0 Å². The predicted octanol–water partition coefficient (Wildman–Crippen LogP) is 2.20. The van der Waals surface area contributed by atoms with E-state index in [0.29, 0.717) is 16.0 Å². The Kier molecular flexibility index (Phi) is 2.98. The van der Waals surface area contributed by atoms with Crippen LogP contribution in [0.25, 0.3) is 0 Å². The van der Waals surface area contributed by atoms with Crippen molar-refractivity contribution in [2.75, 3.05) is 11.1 Å². The molecule has 2 aromatic heterocycles. The molecule has 2 heterocycles. The number of carbonyl (C=O) groups excluding carboxylic acids is 1. The second-order valence-corrected chi connectivity index (χ2v) is 5.79. The summed E-state index contributed by atoms with van der Waals surface area (Å²) in [4.78, 5) is 19.4. The standard InChI is InChI=1S/C7H5BrN4OS2/c8-4-1-10-7(15-4)12-5(13)3-2-14-6(9)11-3/h1-2H,(H2,9,11)(H,10,12,13). The number of rotatable bonds is 2. The van der Waals surface area contributed by atoms with Crippen molar-refractivity contribution in [1.29, 1.82) is 0 Å². The molecule has 15 heavy (non-hydrogen) atoms. The average Bonchev–Trinajstić information content (AvgIpc) is 2.75. The summed E-state index contributed by atoms with van der Waals surface area (Å²) in [5.41, 5.74) is 5.73. The minimum atomic E-state index is -0.301. The van der Waals surface area contributed by atoms with Gasteiger partial charge in [-0.3, -0.25) is 10.1 Å². The third-order valence-corrected chi connectivity index (χ3v) is 3.52. The normalized spacial score (nSPS) is 10.2. The van der Waals surface area contributed by atoms with E-state index < -0.39 is 0 Å². The molecule has 0 aliphatic rings. The van der Waals surface area contributed by atoms with Crippen LogP contribution in [-0.4, -0.2) is 15.9 Å². The van der Waals surface area contributed by atoms with Gasteiger partial charge in [-0.25, -0.2) is 9.97 Å². The number of nitrogen functional groups attached to an aromatic ring is 1. The molecule has 3 N–H and O–H groups in total. The van der Waals surface area contributed by atoms with Crippen LogP contribution >= 0.6 is 38.6 Å². The molecule has 0 aromatic carbocycles. The van der Waals surface area contributed by atoms with E-state index in [1.807, 2.05) is 0 Å². The van der Waals surface area contributed by atoms with Crippen LogP contribution in [-0.2, 0) is 0 Å². The van der Waals surface area contributed by atoms with Gasteiger partial charge in [-0.2, -0.15) is 0 Å². The lowest BCUT2D eigenvalue weighted by atomic mass is 10.5. The molecule has 78 valence electrons. The van der Waals surface area contributed by atoms with Crippen molar-refractivity contribution in [1.82, 2.24) is 9.97 Å². The number of amides is 1. The van der Waals surface area contributed by atoms with Crippen LogP contribution in [0, 0.1) is 0 Å². The lowest BCUT2D eigenvalue weighted by molar-refractivity contribution is 0.102. The molecule has 0 saturated carbocycles. The van der Waals surface area contributed by atoms with Gasteiger partial charge in [0.1, 0.15) is 5.69 Å². The summed E-state index contributed by atoms with van der Waals surface area (Å²) in [6.07, 6.45) is 1.62. The summed E-state index contributed by atoms with van der Waals surface area (Å²) in [6.45, 7) is 0. The van der Waals surface area contributed by atoms with Crippen LogP contribution in [0.2, 0.25) is 0 Å². The molecule has 0 atom stereocenters. The highest BCUT2D eigenvalue weighted by Gasteiger charge is 2.11. The number of nitrogens with zero attached hydrogens (tertiary/aromatic N) is 2. The second-order valence-electron chi connectivity index (χ2n) is 2.49. The van der Waals surface area contributed by atoms with Crippen LogP contribution in [0.3, 0.4) is 0 Å². The molecule has 0 aliphatic heterocycles. The van der Waals surface area contributed by atoms with Crippen LogP contribution in [0.1, 0.15) is 10.5 Å². The van der Waals surface area contributed by atoms with E-state index in [1.54, 1.807) is 11.6 Å². The molecule has 0 unspecified atom stereocenters. The Labute approximate surface area is 101 Å². The summed E-state index contributed by atoms with van der Waals surface area (Å²) in [5.74, 6) is -0.301. The van der Waals surface area contributed by atoms with Crippen molar-refractivity contribution in [2.24, 2.45) is 0 Å². The Hall–Kier alpha value is -0.990. The molecular formula is C7H5BrN4OS2. The molecule has 1 amide bonds. The number of nitrogens with one attached hydrogen (secondary N) is 1. The summed E-state index contributed by atoms with van der Waals surface area (Å²) < 4.78 is 0.857. The molecule has 2 rings (SSSR count). The summed E-state index contributed by atoms with van der Waals surface area (Å²) in [7, 11) is 0. The van der Waals surface area contributed by atoms with Gasteiger partial charge in [-0.05, 0) is 15.9 Å². The fourth-order valence-corrected chi connectivity index (χ4v) is 2.51. The van der Waals surface area contributed by atoms with E-state index in [-0.39, 0.29) is 5.91 Å². The molecule has 0 radical (unpaired) electrons. The third-order valence-electron chi connectivity index (χ3n) is 1.45. The number of nitrogens with two attached hydrogens (primary N) is 1. The first-order valence-electron chi connectivity index (χ1n) is 3.79. The summed E-state index contributed by atoms with van der Waals surface area (Å²) in [5, 5.41) is 5.13. The molecule has 0 aliphatic carbocycles. The molecule has 0 saturated heterocycles. The lowest BCUT2D eigenvalue weighted by Gasteiger charge is -1.96. The molecule has 0 spiro atoms. The van der Waals surface area contributed by atoms with E-state index in [1.165, 1.54) is 22.7 Å². The number of carbonyl (C=O) groups is 1. The highest BCUT2D eigenvalue weighted by molar-refractivity contribution is 9.11. The first-order valence-corrected chi connectivity index (χ1v) is 6.28. The number of hydrogen-bond donors (Lipinski definition) is 2. The minimum absolute atomic E-state index is 0.301. The monoisotopic (exact) mass is 304 g/mol. The molecule has 2 aromatic rings. The van der Waals surface area contributed by atoms with Gasteiger partial charge >= 0.3 is 0 Å². The molecule has 0 bridgehead atoms. The Balaban J connectivity index is 2.10. The minimum Gasteiger partial charge on any atom is -0.375 e. The van der Waals surface area contributed by atoms with Crippen LogP contribution < -0.4 is 11.1 Å². The third kappa shape index (κ3) is 2.52. The maximum atomic E-state index is 11.6. The summed E-state index contributed by atoms with van der Waals surface area (Å²) in [6, 6.07) is 0. The van der Waals surface area contributed by atoms with E-state index in [9.17, 15) is 4.79 Å². The van der Waals surface area contributed by atoms with Crippen molar-refractivity contribution >= 4 is 54.8 Å². The second kappa shape index (κ2) is 4.25. The zero-order chi connectivity index (χ0) is 10.8. The van der Waals surface area contributed by atoms with Crippen molar-refractivity contribution < 1.29 is 4.79 Å². The maximum Gasteiger partial charge on any atom is 0.276 e. The quantitative estimate of drug-likeness (QED) is 0.891. The van der Waals surface area contributed by atoms with Gasteiger partial charge in [-0.15, -0.1) is 11.3 Å². The van der Waals surface area contributed by atoms with Crippen LogP contribution in [0.4, 0.5) is 10.3 Å². The van der Waals surface area contributed by atoms with E-state index in [2.05, 4.69) is 31.2 Å². The van der Waals surface area contributed by atoms with Crippen LogP contribution in [0.5, 0.6) is 0 Å². The SMILES string of the molecule is Nc1nc(C(=O)Nc2ncc(Br)s2)cs1. The Morgan fingerprint density at radius 2 is 2.40 bits per heavy atom.